The molecule has 0 aromatic carbocycles. The molecular formula is C10H19N3. The number of imidazole rings is 1. The molecule has 0 radical (unpaired) electrons. The monoisotopic (exact) mass is 181 g/mol. The third-order valence-corrected chi connectivity index (χ3v) is 2.28. The quantitative estimate of drug-likeness (QED) is 0.679. The van der Waals surface area contributed by atoms with Crippen LogP contribution in [0.1, 0.15) is 31.5 Å². The fourth-order valence-corrected chi connectivity index (χ4v) is 1.42. The summed E-state index contributed by atoms with van der Waals surface area (Å²) >= 11 is 0. The van der Waals surface area contributed by atoms with E-state index in [1.807, 2.05) is 19.3 Å². The summed E-state index contributed by atoms with van der Waals surface area (Å²) < 4.78 is 2.20. The van der Waals surface area contributed by atoms with Gasteiger partial charge in [-0.25, -0.2) is 4.98 Å². The van der Waals surface area contributed by atoms with Gasteiger partial charge in [0.1, 0.15) is 5.82 Å². The zero-order valence-electron chi connectivity index (χ0n) is 8.37. The summed E-state index contributed by atoms with van der Waals surface area (Å²) in [6.45, 7) is 3.96. The standard InChI is InChI=1S/C10H19N3/c1-10-12-7-9-13(10)8-5-3-2-4-6-11/h7,9H,2-6,8,11H2,1H3. The van der Waals surface area contributed by atoms with Crippen molar-refractivity contribution in [2.75, 3.05) is 6.54 Å². The average Bonchev–Trinajstić information content (AvgIpc) is 2.52. The van der Waals surface area contributed by atoms with Crippen molar-refractivity contribution in [3.63, 3.8) is 0 Å². The van der Waals surface area contributed by atoms with Gasteiger partial charge >= 0.3 is 0 Å². The number of rotatable bonds is 6. The Bertz CT molecular complexity index is 230. The minimum atomic E-state index is 0.824. The van der Waals surface area contributed by atoms with E-state index >= 15 is 0 Å². The molecule has 0 aliphatic rings. The average molecular weight is 181 g/mol. The summed E-state index contributed by atoms with van der Waals surface area (Å²) in [4.78, 5) is 4.17. The van der Waals surface area contributed by atoms with Gasteiger partial charge in [-0.15, -0.1) is 0 Å². The first kappa shape index (κ1) is 10.3. The number of hydrogen-bond acceptors (Lipinski definition) is 2. The first-order valence-electron chi connectivity index (χ1n) is 5.02. The molecule has 0 aliphatic carbocycles. The second-order valence-electron chi connectivity index (χ2n) is 3.37. The van der Waals surface area contributed by atoms with Gasteiger partial charge in [0.15, 0.2) is 0 Å². The lowest BCUT2D eigenvalue weighted by Crippen LogP contribution is -2.01. The molecule has 0 amide bonds. The normalized spacial score (nSPS) is 10.6. The van der Waals surface area contributed by atoms with E-state index < -0.39 is 0 Å². The van der Waals surface area contributed by atoms with Gasteiger partial charge in [0.25, 0.3) is 0 Å². The summed E-state index contributed by atoms with van der Waals surface area (Å²) in [5.74, 6) is 1.11. The Morgan fingerprint density at radius 1 is 1.31 bits per heavy atom. The second-order valence-corrected chi connectivity index (χ2v) is 3.37. The molecule has 3 nitrogen and oxygen atoms in total. The summed E-state index contributed by atoms with van der Waals surface area (Å²) in [6, 6.07) is 0. The van der Waals surface area contributed by atoms with Crippen LogP contribution < -0.4 is 5.73 Å². The van der Waals surface area contributed by atoms with E-state index in [0.29, 0.717) is 0 Å². The number of aryl methyl sites for hydroxylation is 2. The molecule has 0 spiro atoms. The van der Waals surface area contributed by atoms with Gasteiger partial charge in [0.05, 0.1) is 0 Å². The lowest BCUT2D eigenvalue weighted by Gasteiger charge is -2.03. The van der Waals surface area contributed by atoms with Gasteiger partial charge in [0, 0.05) is 18.9 Å². The van der Waals surface area contributed by atoms with Crippen LogP contribution in [0.2, 0.25) is 0 Å². The van der Waals surface area contributed by atoms with E-state index in [9.17, 15) is 0 Å². The molecule has 0 bridgehead atoms. The van der Waals surface area contributed by atoms with Crippen LogP contribution in [-0.4, -0.2) is 16.1 Å². The lowest BCUT2D eigenvalue weighted by molar-refractivity contribution is 0.566. The van der Waals surface area contributed by atoms with Crippen molar-refractivity contribution in [1.29, 1.82) is 0 Å². The molecule has 1 aromatic heterocycles. The molecule has 0 unspecified atom stereocenters. The second kappa shape index (κ2) is 5.75. The predicted octanol–water partition coefficient (Wildman–Crippen LogP) is 1.71. The lowest BCUT2D eigenvalue weighted by atomic mass is 10.2. The first-order chi connectivity index (χ1) is 6.34. The van der Waals surface area contributed by atoms with Gasteiger partial charge in [0.2, 0.25) is 0 Å². The van der Waals surface area contributed by atoms with Gasteiger partial charge in [-0.1, -0.05) is 12.8 Å². The molecule has 0 saturated carbocycles. The fourth-order valence-electron chi connectivity index (χ4n) is 1.42. The Kier molecular flexibility index (Phi) is 4.54. The summed E-state index contributed by atoms with van der Waals surface area (Å²) in [5.41, 5.74) is 5.41. The SMILES string of the molecule is Cc1nccn1CCCCCCN. The van der Waals surface area contributed by atoms with Crippen molar-refractivity contribution < 1.29 is 0 Å². The Balaban J connectivity index is 2.10. The summed E-state index contributed by atoms with van der Waals surface area (Å²) in [6.07, 6.45) is 8.81. The smallest absolute Gasteiger partial charge is 0.105 e. The molecule has 0 aliphatic heterocycles. The van der Waals surface area contributed by atoms with Crippen LogP contribution in [0, 0.1) is 6.92 Å². The number of nitrogens with two attached hydrogens (primary N) is 1. The highest BCUT2D eigenvalue weighted by atomic mass is 15.0. The minimum Gasteiger partial charge on any atom is -0.335 e. The van der Waals surface area contributed by atoms with Gasteiger partial charge < -0.3 is 10.3 Å². The number of nitrogens with zero attached hydrogens (tertiary/aromatic N) is 2. The van der Waals surface area contributed by atoms with Crippen LogP contribution in [0.5, 0.6) is 0 Å². The van der Waals surface area contributed by atoms with E-state index in [-0.39, 0.29) is 0 Å². The maximum atomic E-state index is 5.41. The highest BCUT2D eigenvalue weighted by Crippen LogP contribution is 2.03. The van der Waals surface area contributed by atoms with E-state index in [0.717, 1.165) is 25.3 Å². The fraction of sp³-hybridized carbons (Fsp3) is 0.700. The predicted molar refractivity (Wildman–Crippen MR) is 54.5 cm³/mol. The maximum absolute atomic E-state index is 5.41. The Hall–Kier alpha value is -0.830. The Labute approximate surface area is 80.0 Å². The van der Waals surface area contributed by atoms with Crippen molar-refractivity contribution in [1.82, 2.24) is 9.55 Å². The number of aromatic nitrogens is 2. The molecular weight excluding hydrogens is 162 g/mol. The van der Waals surface area contributed by atoms with Gasteiger partial charge in [-0.2, -0.15) is 0 Å². The van der Waals surface area contributed by atoms with Crippen LogP contribution >= 0.6 is 0 Å². The highest BCUT2D eigenvalue weighted by molar-refractivity contribution is 4.87. The van der Waals surface area contributed by atoms with Crippen LogP contribution in [0.3, 0.4) is 0 Å². The van der Waals surface area contributed by atoms with Crippen LogP contribution in [0.25, 0.3) is 0 Å². The van der Waals surface area contributed by atoms with Gasteiger partial charge in [-0.05, 0) is 26.3 Å². The van der Waals surface area contributed by atoms with Crippen LogP contribution in [0.15, 0.2) is 12.4 Å². The summed E-state index contributed by atoms with van der Waals surface area (Å²) in [7, 11) is 0. The molecule has 0 saturated heterocycles. The van der Waals surface area contributed by atoms with Crippen molar-refractivity contribution in [3.8, 4) is 0 Å². The third kappa shape index (κ3) is 3.59. The molecule has 0 atom stereocenters. The molecule has 2 N–H and O–H groups in total. The Morgan fingerprint density at radius 2 is 2.08 bits per heavy atom. The molecule has 13 heavy (non-hydrogen) atoms. The van der Waals surface area contributed by atoms with Crippen LogP contribution in [0.4, 0.5) is 0 Å². The molecule has 0 fully saturated rings. The largest absolute Gasteiger partial charge is 0.335 e. The highest BCUT2D eigenvalue weighted by Gasteiger charge is 1.95. The van der Waals surface area contributed by atoms with Crippen molar-refractivity contribution in [2.24, 2.45) is 5.73 Å². The molecule has 74 valence electrons. The Morgan fingerprint density at radius 3 is 2.69 bits per heavy atom. The molecule has 1 aromatic rings. The first-order valence-corrected chi connectivity index (χ1v) is 5.02. The van der Waals surface area contributed by atoms with Crippen molar-refractivity contribution in [3.05, 3.63) is 18.2 Å². The van der Waals surface area contributed by atoms with Gasteiger partial charge in [-0.3, -0.25) is 0 Å². The summed E-state index contributed by atoms with van der Waals surface area (Å²) in [5, 5.41) is 0. The topological polar surface area (TPSA) is 43.8 Å². The number of hydrogen-bond donors (Lipinski definition) is 1. The third-order valence-electron chi connectivity index (χ3n) is 2.28. The van der Waals surface area contributed by atoms with E-state index in [2.05, 4.69) is 9.55 Å². The zero-order chi connectivity index (χ0) is 9.52. The van der Waals surface area contributed by atoms with Crippen molar-refractivity contribution in [2.45, 2.75) is 39.2 Å². The molecule has 3 heteroatoms. The molecule has 1 heterocycles. The van der Waals surface area contributed by atoms with Crippen LogP contribution in [-0.2, 0) is 6.54 Å². The number of unbranched alkanes of at least 4 members (excludes halogenated alkanes) is 3. The van der Waals surface area contributed by atoms with E-state index in [4.69, 9.17) is 5.73 Å². The van der Waals surface area contributed by atoms with E-state index in [1.54, 1.807) is 0 Å². The minimum absolute atomic E-state index is 0.824. The molecule has 1 rings (SSSR count). The zero-order valence-corrected chi connectivity index (χ0v) is 8.37. The van der Waals surface area contributed by atoms with E-state index in [1.165, 1.54) is 19.3 Å². The van der Waals surface area contributed by atoms with Crippen molar-refractivity contribution >= 4 is 0 Å². The maximum Gasteiger partial charge on any atom is 0.105 e.